The first-order valence-corrected chi connectivity index (χ1v) is 14.3. The van der Waals surface area contributed by atoms with Crippen LogP contribution in [0.15, 0.2) is 110 Å². The first-order valence-electron chi connectivity index (χ1n) is 14.3. The van der Waals surface area contributed by atoms with E-state index in [4.69, 9.17) is 9.47 Å². The van der Waals surface area contributed by atoms with E-state index in [0.29, 0.717) is 62.5 Å². The van der Waals surface area contributed by atoms with Crippen LogP contribution >= 0.6 is 0 Å². The van der Waals surface area contributed by atoms with Gasteiger partial charge >= 0.3 is 42.1 Å². The SMILES string of the molecule is Fc1cccc(-c2[c-]c(Oc3[c-]c4c(cc3)c3ccc(Oc5[c-]c(-c6cccc(F)n6)ccc5)[c-]c3n4-c3ncncn3)ccc2)n1.[Pt+2].[Pt+2]. The van der Waals surface area contributed by atoms with Crippen LogP contribution in [-0.4, -0.2) is 29.5 Å². The fraction of sp³-hybridized carbons (Fsp3) is 0. The maximum Gasteiger partial charge on any atom is 2.00 e. The summed E-state index contributed by atoms with van der Waals surface area (Å²) in [6.07, 6.45) is 2.81. The molecule has 4 aromatic heterocycles. The number of hydrogen-bond donors (Lipinski definition) is 0. The fourth-order valence-corrected chi connectivity index (χ4v) is 5.16. The van der Waals surface area contributed by atoms with Crippen molar-refractivity contribution in [2.45, 2.75) is 0 Å². The molecule has 0 fully saturated rings. The van der Waals surface area contributed by atoms with Gasteiger partial charge in [-0.1, -0.05) is 47.4 Å². The summed E-state index contributed by atoms with van der Waals surface area (Å²) in [7, 11) is 0. The van der Waals surface area contributed by atoms with Gasteiger partial charge in [0.15, 0.2) is 0 Å². The minimum Gasteiger partial charge on any atom is -0.503 e. The van der Waals surface area contributed by atoms with E-state index in [1.807, 2.05) is 12.1 Å². The zero-order valence-electron chi connectivity index (χ0n) is 24.8. The van der Waals surface area contributed by atoms with E-state index in [2.05, 4.69) is 49.2 Å². The number of aromatic nitrogens is 6. The number of nitrogens with zero attached hydrogens (tertiary/aromatic N) is 6. The Morgan fingerprint density at radius 2 is 0.959 bits per heavy atom. The third-order valence-corrected chi connectivity index (χ3v) is 7.17. The molecule has 0 saturated heterocycles. The molecule has 242 valence electrons. The first-order chi connectivity index (χ1) is 23.1. The van der Waals surface area contributed by atoms with Gasteiger partial charge in [0.2, 0.25) is 17.8 Å². The summed E-state index contributed by atoms with van der Waals surface area (Å²) in [5.74, 6) is 0.811. The minimum absolute atomic E-state index is 0. The molecule has 4 heterocycles. The van der Waals surface area contributed by atoms with Gasteiger partial charge in [-0.25, -0.2) is 15.0 Å². The van der Waals surface area contributed by atoms with E-state index in [1.165, 1.54) is 24.8 Å². The summed E-state index contributed by atoms with van der Waals surface area (Å²) in [6.45, 7) is 0. The van der Waals surface area contributed by atoms with Gasteiger partial charge in [0, 0.05) is 23.0 Å². The topological polar surface area (TPSA) is 87.8 Å². The molecule has 8 aromatic rings. The number of halogens is 2. The molecule has 12 heteroatoms. The van der Waals surface area contributed by atoms with Gasteiger partial charge in [0.25, 0.3) is 0 Å². The standard InChI is InChI=1S/C37H18F2N6O2.2Pt/c38-35-11-3-9-31(43-35)23-5-1-7-25(17-23)46-27-13-15-29-30-16-14-28(20-34(30)45(33(29)19-27)37-41-21-40-22-42-37)47-26-8-2-6-24(18-26)32-10-4-12-36(39)44-32;;/h1-16,21-22H;;/q-4;2*+2. The zero-order chi connectivity index (χ0) is 31.7. The summed E-state index contributed by atoms with van der Waals surface area (Å²) in [5, 5.41) is 1.70. The molecule has 0 unspecified atom stereocenters. The Hall–Kier alpha value is -5.17. The normalized spacial score (nSPS) is 10.7. The predicted molar refractivity (Wildman–Crippen MR) is 169 cm³/mol. The van der Waals surface area contributed by atoms with Crippen molar-refractivity contribution in [3.05, 3.63) is 146 Å². The summed E-state index contributed by atoms with van der Waals surface area (Å²) >= 11 is 0. The zero-order valence-corrected chi connectivity index (χ0v) is 29.3. The van der Waals surface area contributed by atoms with E-state index in [-0.39, 0.29) is 42.1 Å². The molecule has 0 radical (unpaired) electrons. The van der Waals surface area contributed by atoms with Crippen LogP contribution in [0.4, 0.5) is 8.78 Å². The van der Waals surface area contributed by atoms with Crippen molar-refractivity contribution in [3.8, 4) is 51.5 Å². The van der Waals surface area contributed by atoms with Gasteiger partial charge in [0.1, 0.15) is 12.7 Å². The van der Waals surface area contributed by atoms with E-state index in [9.17, 15) is 8.78 Å². The van der Waals surface area contributed by atoms with Gasteiger partial charge in [-0.15, -0.1) is 71.8 Å². The van der Waals surface area contributed by atoms with Gasteiger partial charge in [-0.2, -0.15) is 31.7 Å². The monoisotopic (exact) mass is 1010 g/mol. The number of fused-ring (bicyclic) bond motifs is 3. The molecule has 0 bridgehead atoms. The molecule has 4 aromatic carbocycles. The Morgan fingerprint density at radius 1 is 0.510 bits per heavy atom. The number of ether oxygens (including phenoxy) is 2. The quantitative estimate of drug-likeness (QED) is 0.118. The molecular weight excluding hydrogens is 989 g/mol. The van der Waals surface area contributed by atoms with Crippen LogP contribution in [0.3, 0.4) is 0 Å². The molecular formula is C37H18F2N6O2Pt2. The van der Waals surface area contributed by atoms with Crippen molar-refractivity contribution in [2.75, 3.05) is 0 Å². The van der Waals surface area contributed by atoms with Crippen LogP contribution in [-0.2, 0) is 42.1 Å². The number of pyridine rings is 2. The number of benzene rings is 4. The Bertz CT molecular complexity index is 2280. The third kappa shape index (κ3) is 7.02. The molecule has 0 saturated carbocycles. The molecule has 49 heavy (non-hydrogen) atoms. The smallest absolute Gasteiger partial charge is 0.503 e. The molecule has 0 aliphatic heterocycles. The van der Waals surface area contributed by atoms with Gasteiger partial charge in [0.05, 0.1) is 0 Å². The van der Waals surface area contributed by atoms with Crippen LogP contribution in [0.5, 0.6) is 23.0 Å². The molecule has 8 nitrogen and oxygen atoms in total. The van der Waals surface area contributed by atoms with Crippen LogP contribution in [0.2, 0.25) is 0 Å². The third-order valence-electron chi connectivity index (χ3n) is 7.17. The molecule has 0 atom stereocenters. The maximum absolute atomic E-state index is 13.7. The first kappa shape index (κ1) is 33.7. The molecule has 8 rings (SSSR count). The summed E-state index contributed by atoms with van der Waals surface area (Å²) in [6, 6.07) is 40.2. The Kier molecular flexibility index (Phi) is 9.99. The second-order valence-electron chi connectivity index (χ2n) is 10.2. The summed E-state index contributed by atoms with van der Waals surface area (Å²) in [5.41, 5.74) is 3.30. The molecule has 0 aliphatic carbocycles. The predicted octanol–water partition coefficient (Wildman–Crippen LogP) is 8.15. The van der Waals surface area contributed by atoms with Gasteiger partial charge in [-0.3, -0.25) is 9.97 Å². The second kappa shape index (κ2) is 14.5. The molecule has 0 spiro atoms. The Balaban J connectivity index is 0.00000208. The second-order valence-corrected chi connectivity index (χ2v) is 10.2. The average molecular weight is 1010 g/mol. The number of rotatable bonds is 7. The van der Waals surface area contributed by atoms with E-state index < -0.39 is 11.9 Å². The summed E-state index contributed by atoms with van der Waals surface area (Å²) < 4.78 is 41.6. The molecule has 0 amide bonds. The fourth-order valence-electron chi connectivity index (χ4n) is 5.16. The van der Waals surface area contributed by atoms with Crippen molar-refractivity contribution in [2.24, 2.45) is 0 Å². The average Bonchev–Trinajstić information content (AvgIpc) is 3.41. The van der Waals surface area contributed by atoms with Gasteiger partial charge < -0.3 is 14.0 Å². The van der Waals surface area contributed by atoms with Crippen molar-refractivity contribution in [1.82, 2.24) is 29.5 Å². The largest absolute Gasteiger partial charge is 2.00 e. The van der Waals surface area contributed by atoms with Gasteiger partial charge in [-0.05, 0) is 23.5 Å². The molecule has 0 aliphatic rings. The van der Waals surface area contributed by atoms with Crippen molar-refractivity contribution in [1.29, 1.82) is 0 Å². The maximum atomic E-state index is 13.7. The summed E-state index contributed by atoms with van der Waals surface area (Å²) in [4.78, 5) is 20.6. The molecule has 0 N–H and O–H groups in total. The van der Waals surface area contributed by atoms with Crippen molar-refractivity contribution < 1.29 is 60.4 Å². The van der Waals surface area contributed by atoms with Crippen LogP contribution < -0.4 is 9.47 Å². The van der Waals surface area contributed by atoms with Crippen LogP contribution in [0.1, 0.15) is 0 Å². The van der Waals surface area contributed by atoms with E-state index in [0.717, 1.165) is 10.8 Å². The Labute approximate surface area is 307 Å². The van der Waals surface area contributed by atoms with E-state index >= 15 is 0 Å². The number of hydrogen-bond acceptors (Lipinski definition) is 7. The minimum atomic E-state index is -0.578. The Morgan fingerprint density at radius 3 is 1.43 bits per heavy atom. The van der Waals surface area contributed by atoms with Crippen LogP contribution in [0.25, 0.3) is 50.3 Å². The van der Waals surface area contributed by atoms with Crippen molar-refractivity contribution in [3.63, 3.8) is 0 Å². The van der Waals surface area contributed by atoms with E-state index in [1.54, 1.807) is 77.4 Å². The van der Waals surface area contributed by atoms with Crippen molar-refractivity contribution >= 4 is 21.8 Å². The van der Waals surface area contributed by atoms with Crippen LogP contribution in [0, 0.1) is 36.2 Å².